The largest absolute Gasteiger partial charge is 0.321 e. The van der Waals surface area contributed by atoms with Crippen LogP contribution in [0.15, 0.2) is 34.3 Å². The van der Waals surface area contributed by atoms with Crippen molar-refractivity contribution < 1.29 is 0 Å². The summed E-state index contributed by atoms with van der Waals surface area (Å²) in [5.41, 5.74) is 8.84. The fourth-order valence-corrected chi connectivity index (χ4v) is 3.21. The average Bonchev–Trinajstić information content (AvgIpc) is 2.56. The van der Waals surface area contributed by atoms with Crippen molar-refractivity contribution in [2.75, 3.05) is 0 Å². The maximum atomic E-state index is 6.35. The number of nitrogens with two attached hydrogens (primary N) is 1. The molecule has 0 bridgehead atoms. The first kappa shape index (κ1) is 13.1. The van der Waals surface area contributed by atoms with Crippen LogP contribution < -0.4 is 5.73 Å². The van der Waals surface area contributed by atoms with Gasteiger partial charge in [0, 0.05) is 9.50 Å². The Morgan fingerprint density at radius 2 is 2.06 bits per heavy atom. The van der Waals surface area contributed by atoms with Gasteiger partial charge in [0.2, 0.25) is 0 Å². The van der Waals surface area contributed by atoms with E-state index in [1.54, 1.807) is 0 Å². The number of halogens is 2. The van der Waals surface area contributed by atoms with Crippen LogP contribution in [0.25, 0.3) is 0 Å². The third-order valence-electron chi connectivity index (χ3n) is 3.27. The molecular weight excluding hydrogens is 298 g/mol. The summed E-state index contributed by atoms with van der Waals surface area (Å²) >= 11 is 9.49. The molecule has 3 heteroatoms. The Balaban J connectivity index is 2.23. The lowest BCUT2D eigenvalue weighted by Crippen LogP contribution is -2.13. The average molecular weight is 315 g/mol. The fraction of sp³-hybridized carbons (Fsp3) is 0.429. The molecule has 1 aromatic carbocycles. The lowest BCUT2D eigenvalue weighted by Gasteiger charge is -2.17. The topological polar surface area (TPSA) is 26.0 Å². The molecule has 0 heterocycles. The van der Waals surface area contributed by atoms with E-state index in [9.17, 15) is 0 Å². The van der Waals surface area contributed by atoms with Gasteiger partial charge in [0.15, 0.2) is 0 Å². The molecule has 1 aliphatic carbocycles. The van der Waals surface area contributed by atoms with Gasteiger partial charge >= 0.3 is 0 Å². The Labute approximate surface area is 116 Å². The molecule has 0 saturated carbocycles. The van der Waals surface area contributed by atoms with Gasteiger partial charge in [0.1, 0.15) is 0 Å². The molecule has 1 nitrogen and oxygen atoms in total. The molecule has 1 aromatic rings. The lowest BCUT2D eigenvalue weighted by molar-refractivity contribution is 0.687. The molecule has 2 rings (SSSR count). The Bertz CT molecular complexity index is 428. The predicted molar refractivity (Wildman–Crippen MR) is 77.2 cm³/mol. The summed E-state index contributed by atoms with van der Waals surface area (Å²) in [4.78, 5) is 0. The zero-order chi connectivity index (χ0) is 12.3. The molecule has 92 valence electrons. The van der Waals surface area contributed by atoms with Gasteiger partial charge in [-0.05, 0) is 43.4 Å². The minimum atomic E-state index is -0.000239. The van der Waals surface area contributed by atoms with Crippen molar-refractivity contribution in [1.29, 1.82) is 0 Å². The summed E-state index contributed by atoms with van der Waals surface area (Å²) < 4.78 is 1.00. The Morgan fingerprint density at radius 1 is 1.24 bits per heavy atom. The third kappa shape index (κ3) is 3.34. The molecule has 2 N–H and O–H groups in total. The highest BCUT2D eigenvalue weighted by Gasteiger charge is 2.15. The lowest BCUT2D eigenvalue weighted by atomic mass is 9.96. The minimum absolute atomic E-state index is 0.000239. The molecule has 17 heavy (non-hydrogen) atoms. The highest BCUT2D eigenvalue weighted by atomic mass is 79.9. The highest BCUT2D eigenvalue weighted by Crippen LogP contribution is 2.32. The monoisotopic (exact) mass is 313 g/mol. The van der Waals surface area contributed by atoms with E-state index in [1.165, 1.54) is 24.8 Å². The van der Waals surface area contributed by atoms with Gasteiger partial charge in [-0.2, -0.15) is 0 Å². The van der Waals surface area contributed by atoms with Crippen LogP contribution in [0.5, 0.6) is 0 Å². The van der Waals surface area contributed by atoms with E-state index in [-0.39, 0.29) is 6.04 Å². The summed E-state index contributed by atoms with van der Waals surface area (Å²) in [6.45, 7) is 0. The Hall–Kier alpha value is -0.310. The van der Waals surface area contributed by atoms with Crippen molar-refractivity contribution in [3.05, 3.63) is 44.9 Å². The Morgan fingerprint density at radius 3 is 2.82 bits per heavy atom. The first-order valence-corrected chi connectivity index (χ1v) is 7.25. The van der Waals surface area contributed by atoms with Gasteiger partial charge < -0.3 is 5.73 Å². The second-order valence-corrected chi connectivity index (χ2v) is 5.81. The summed E-state index contributed by atoms with van der Waals surface area (Å²) in [5, 5.41) is 0.739. The number of allylic oxidation sites excluding steroid dienone is 1. The standard InChI is InChI=1S/C14H17BrClN/c15-13-9-11(16)7-8-12(13)14(17)10-5-3-1-2-4-6-10/h5,7-9,14H,1-4,6,17H2. The molecule has 1 atom stereocenters. The van der Waals surface area contributed by atoms with E-state index in [2.05, 4.69) is 22.0 Å². The number of hydrogen-bond acceptors (Lipinski definition) is 1. The highest BCUT2D eigenvalue weighted by molar-refractivity contribution is 9.10. The van der Waals surface area contributed by atoms with E-state index < -0.39 is 0 Å². The number of hydrogen-bond donors (Lipinski definition) is 1. The van der Waals surface area contributed by atoms with Gasteiger partial charge in [-0.15, -0.1) is 0 Å². The van der Waals surface area contributed by atoms with Gasteiger partial charge in [-0.25, -0.2) is 0 Å². The van der Waals surface area contributed by atoms with Crippen molar-refractivity contribution >= 4 is 27.5 Å². The van der Waals surface area contributed by atoms with Gasteiger partial charge in [0.05, 0.1) is 6.04 Å². The van der Waals surface area contributed by atoms with E-state index in [1.807, 2.05) is 18.2 Å². The van der Waals surface area contributed by atoms with Crippen LogP contribution in [-0.2, 0) is 0 Å². The number of benzene rings is 1. The molecule has 0 saturated heterocycles. The first-order valence-electron chi connectivity index (χ1n) is 6.08. The predicted octanol–water partition coefficient (Wildman–Crippen LogP) is 4.99. The molecule has 0 aromatic heterocycles. The molecule has 1 aliphatic rings. The van der Waals surface area contributed by atoms with Crippen molar-refractivity contribution in [2.45, 2.75) is 38.1 Å². The maximum absolute atomic E-state index is 6.35. The maximum Gasteiger partial charge on any atom is 0.0522 e. The van der Waals surface area contributed by atoms with Gasteiger partial charge in [-0.3, -0.25) is 0 Å². The van der Waals surface area contributed by atoms with Crippen LogP contribution in [0, 0.1) is 0 Å². The van der Waals surface area contributed by atoms with Crippen molar-refractivity contribution in [1.82, 2.24) is 0 Å². The van der Waals surface area contributed by atoms with Gasteiger partial charge in [0.25, 0.3) is 0 Å². The van der Waals surface area contributed by atoms with Crippen LogP contribution >= 0.6 is 27.5 Å². The van der Waals surface area contributed by atoms with E-state index >= 15 is 0 Å². The fourth-order valence-electron chi connectivity index (χ4n) is 2.28. The molecule has 0 aliphatic heterocycles. The number of rotatable bonds is 2. The second-order valence-electron chi connectivity index (χ2n) is 4.52. The third-order valence-corrected chi connectivity index (χ3v) is 4.19. The van der Waals surface area contributed by atoms with Crippen molar-refractivity contribution in [2.24, 2.45) is 5.73 Å². The molecular formula is C14H17BrClN. The normalized spacial score (nSPS) is 18.4. The SMILES string of the molecule is NC(C1=CCCCCC1)c1ccc(Cl)cc1Br. The van der Waals surface area contributed by atoms with Crippen LogP contribution in [-0.4, -0.2) is 0 Å². The van der Waals surface area contributed by atoms with E-state index in [4.69, 9.17) is 17.3 Å². The van der Waals surface area contributed by atoms with Crippen LogP contribution in [0.3, 0.4) is 0 Å². The summed E-state index contributed by atoms with van der Waals surface area (Å²) in [7, 11) is 0. The molecule has 0 radical (unpaired) electrons. The van der Waals surface area contributed by atoms with Gasteiger partial charge in [-0.1, -0.05) is 51.7 Å². The molecule has 0 fully saturated rings. The van der Waals surface area contributed by atoms with Crippen molar-refractivity contribution in [3.63, 3.8) is 0 Å². The summed E-state index contributed by atoms with van der Waals surface area (Å²) in [5.74, 6) is 0. The second kappa shape index (κ2) is 6.03. The molecule has 0 amide bonds. The summed E-state index contributed by atoms with van der Waals surface area (Å²) in [6, 6.07) is 5.83. The van der Waals surface area contributed by atoms with Crippen LogP contribution in [0.4, 0.5) is 0 Å². The first-order chi connectivity index (χ1) is 8.18. The molecule has 1 unspecified atom stereocenters. The zero-order valence-electron chi connectivity index (χ0n) is 9.76. The van der Waals surface area contributed by atoms with Crippen LogP contribution in [0.2, 0.25) is 5.02 Å². The zero-order valence-corrected chi connectivity index (χ0v) is 12.1. The minimum Gasteiger partial charge on any atom is -0.321 e. The summed E-state index contributed by atoms with van der Waals surface area (Å²) in [6.07, 6.45) is 8.46. The van der Waals surface area contributed by atoms with Crippen LogP contribution in [0.1, 0.15) is 43.7 Å². The molecule has 0 spiro atoms. The van der Waals surface area contributed by atoms with E-state index in [0.29, 0.717) is 0 Å². The Kier molecular flexibility index (Phi) is 4.66. The quantitative estimate of drug-likeness (QED) is 0.764. The van der Waals surface area contributed by atoms with E-state index in [0.717, 1.165) is 27.9 Å². The smallest absolute Gasteiger partial charge is 0.0522 e. The van der Waals surface area contributed by atoms with Crippen molar-refractivity contribution in [3.8, 4) is 0 Å².